The SMILES string of the molecule is [2H]c1nccc2ccoc12. The van der Waals surface area contributed by atoms with Crippen LogP contribution < -0.4 is 0 Å². The first kappa shape index (κ1) is 3.67. The van der Waals surface area contributed by atoms with E-state index < -0.39 is 0 Å². The van der Waals surface area contributed by atoms with Crippen molar-refractivity contribution in [3.63, 3.8) is 0 Å². The van der Waals surface area contributed by atoms with E-state index in [1.807, 2.05) is 12.1 Å². The van der Waals surface area contributed by atoms with Crippen molar-refractivity contribution in [2.24, 2.45) is 0 Å². The summed E-state index contributed by atoms with van der Waals surface area (Å²) in [4.78, 5) is 3.75. The molecule has 2 nitrogen and oxygen atoms in total. The molecule has 0 spiro atoms. The van der Waals surface area contributed by atoms with Gasteiger partial charge in [-0.3, -0.25) is 4.98 Å². The molecule has 0 atom stereocenters. The van der Waals surface area contributed by atoms with Crippen molar-refractivity contribution in [1.82, 2.24) is 4.98 Å². The minimum absolute atomic E-state index is 0.197. The molecule has 0 fully saturated rings. The molecular weight excluding hydrogens is 114 g/mol. The van der Waals surface area contributed by atoms with Gasteiger partial charge in [0.1, 0.15) is 0 Å². The van der Waals surface area contributed by atoms with Gasteiger partial charge < -0.3 is 4.42 Å². The maximum atomic E-state index is 7.28. The Hall–Kier alpha value is -1.31. The lowest BCUT2D eigenvalue weighted by Gasteiger charge is -1.80. The monoisotopic (exact) mass is 120 g/mol. The van der Waals surface area contributed by atoms with E-state index in [0.717, 1.165) is 5.39 Å². The average Bonchev–Trinajstić information content (AvgIpc) is 2.36. The fourth-order valence-corrected chi connectivity index (χ4v) is 0.755. The fraction of sp³-hybridized carbons (Fsp3) is 0. The summed E-state index contributed by atoms with van der Waals surface area (Å²) in [5.74, 6) is 0. The van der Waals surface area contributed by atoms with Crippen LogP contribution in [0.2, 0.25) is 0 Å². The zero-order chi connectivity index (χ0) is 6.97. The normalized spacial score (nSPS) is 11.8. The Bertz CT molecular complexity index is 355. The van der Waals surface area contributed by atoms with Crippen molar-refractivity contribution in [2.75, 3.05) is 0 Å². The van der Waals surface area contributed by atoms with Crippen LogP contribution in [0.5, 0.6) is 0 Å². The fourth-order valence-electron chi connectivity index (χ4n) is 0.755. The molecule has 0 saturated carbocycles. The molecule has 0 aliphatic carbocycles. The second kappa shape index (κ2) is 1.58. The molecule has 2 aromatic heterocycles. The molecule has 0 N–H and O–H groups in total. The van der Waals surface area contributed by atoms with Gasteiger partial charge >= 0.3 is 0 Å². The minimum atomic E-state index is 0.197. The quantitative estimate of drug-likeness (QED) is 0.530. The Balaban J connectivity index is 2.95. The zero-order valence-electron chi connectivity index (χ0n) is 5.66. The molecule has 0 bridgehead atoms. The van der Waals surface area contributed by atoms with E-state index in [1.165, 1.54) is 0 Å². The van der Waals surface area contributed by atoms with Crippen molar-refractivity contribution >= 4 is 11.0 Å². The third-order valence-electron chi connectivity index (χ3n) is 1.19. The van der Waals surface area contributed by atoms with Gasteiger partial charge in [0.05, 0.1) is 13.8 Å². The van der Waals surface area contributed by atoms with Gasteiger partial charge in [0.15, 0.2) is 5.58 Å². The number of furan rings is 1. The largest absolute Gasteiger partial charge is 0.463 e. The Labute approximate surface area is 53.5 Å². The summed E-state index contributed by atoms with van der Waals surface area (Å²) in [7, 11) is 0. The molecule has 9 heavy (non-hydrogen) atoms. The first-order valence-corrected chi connectivity index (χ1v) is 2.67. The van der Waals surface area contributed by atoms with E-state index >= 15 is 0 Å². The van der Waals surface area contributed by atoms with Gasteiger partial charge in [-0.25, -0.2) is 0 Å². The molecule has 0 aromatic carbocycles. The summed E-state index contributed by atoms with van der Waals surface area (Å²) in [6, 6.07) is 3.63. The van der Waals surface area contributed by atoms with Gasteiger partial charge in [-0.15, -0.1) is 0 Å². The maximum absolute atomic E-state index is 7.28. The van der Waals surface area contributed by atoms with Crippen LogP contribution in [0.4, 0.5) is 0 Å². The van der Waals surface area contributed by atoms with Gasteiger partial charge in [-0.2, -0.15) is 0 Å². The molecule has 0 aliphatic rings. The topological polar surface area (TPSA) is 26.0 Å². The summed E-state index contributed by atoms with van der Waals surface area (Å²) >= 11 is 0. The summed E-state index contributed by atoms with van der Waals surface area (Å²) in [5.41, 5.74) is 0.558. The summed E-state index contributed by atoms with van der Waals surface area (Å²) in [6.45, 7) is 0. The summed E-state index contributed by atoms with van der Waals surface area (Å²) < 4.78 is 12.3. The van der Waals surface area contributed by atoms with E-state index in [9.17, 15) is 0 Å². The van der Waals surface area contributed by atoms with Crippen LogP contribution in [0.1, 0.15) is 1.37 Å². The van der Waals surface area contributed by atoms with Gasteiger partial charge in [0.25, 0.3) is 0 Å². The van der Waals surface area contributed by atoms with Crippen LogP contribution in [0, 0.1) is 0 Å². The molecule has 2 aromatic rings. The Morgan fingerprint density at radius 3 is 3.44 bits per heavy atom. The number of pyridine rings is 1. The smallest absolute Gasteiger partial charge is 0.152 e. The second-order valence-electron chi connectivity index (χ2n) is 1.76. The Morgan fingerprint density at radius 1 is 1.56 bits per heavy atom. The molecule has 0 aliphatic heterocycles. The van der Waals surface area contributed by atoms with E-state index in [2.05, 4.69) is 4.98 Å². The molecule has 0 unspecified atom stereocenters. The van der Waals surface area contributed by atoms with Crippen LogP contribution in [0.25, 0.3) is 11.0 Å². The van der Waals surface area contributed by atoms with Crippen molar-refractivity contribution in [3.8, 4) is 0 Å². The lowest BCUT2D eigenvalue weighted by atomic mass is 10.3. The van der Waals surface area contributed by atoms with Crippen LogP contribution in [-0.4, -0.2) is 4.98 Å². The number of fused-ring (bicyclic) bond motifs is 1. The maximum Gasteiger partial charge on any atom is 0.152 e. The predicted molar refractivity (Wildman–Crippen MR) is 34.0 cm³/mol. The highest BCUT2D eigenvalue weighted by Crippen LogP contribution is 2.11. The second-order valence-corrected chi connectivity index (χ2v) is 1.76. The summed E-state index contributed by atoms with van der Waals surface area (Å²) in [6.07, 6.45) is 3.35. The number of hydrogen-bond acceptors (Lipinski definition) is 2. The molecule has 0 saturated heterocycles. The molecule has 2 heterocycles. The van der Waals surface area contributed by atoms with Crippen molar-refractivity contribution in [1.29, 1.82) is 0 Å². The Morgan fingerprint density at radius 2 is 2.56 bits per heavy atom. The number of nitrogens with zero attached hydrogens (tertiary/aromatic N) is 1. The average molecular weight is 120 g/mol. The van der Waals surface area contributed by atoms with Crippen LogP contribution in [0.3, 0.4) is 0 Å². The number of aromatic nitrogens is 1. The van der Waals surface area contributed by atoms with Crippen molar-refractivity contribution in [3.05, 3.63) is 30.8 Å². The van der Waals surface area contributed by atoms with Crippen molar-refractivity contribution in [2.45, 2.75) is 0 Å². The molecule has 0 amide bonds. The number of rotatable bonds is 0. The lowest BCUT2D eigenvalue weighted by Crippen LogP contribution is -1.65. The highest BCUT2D eigenvalue weighted by atomic mass is 16.3. The van der Waals surface area contributed by atoms with E-state index in [0.29, 0.717) is 5.58 Å². The van der Waals surface area contributed by atoms with Gasteiger partial charge in [0.2, 0.25) is 0 Å². The Kier molecular flexibility index (Phi) is 0.646. The molecule has 2 rings (SSSR count). The van der Waals surface area contributed by atoms with Gasteiger partial charge in [-0.1, -0.05) is 0 Å². The highest BCUT2D eigenvalue weighted by molar-refractivity contribution is 5.75. The molecule has 2 heteroatoms. The predicted octanol–water partition coefficient (Wildman–Crippen LogP) is 1.83. The highest BCUT2D eigenvalue weighted by Gasteiger charge is 1.90. The van der Waals surface area contributed by atoms with Gasteiger partial charge in [0, 0.05) is 11.6 Å². The van der Waals surface area contributed by atoms with Crippen LogP contribution in [0.15, 0.2) is 35.2 Å². The first-order chi connectivity index (χ1) is 4.88. The molecule has 44 valence electrons. The summed E-state index contributed by atoms with van der Waals surface area (Å²) in [5, 5.41) is 0.931. The third-order valence-corrected chi connectivity index (χ3v) is 1.19. The van der Waals surface area contributed by atoms with E-state index in [4.69, 9.17) is 5.79 Å². The van der Waals surface area contributed by atoms with E-state index in [-0.39, 0.29) is 6.17 Å². The van der Waals surface area contributed by atoms with Crippen LogP contribution >= 0.6 is 0 Å². The molecule has 0 radical (unpaired) electrons. The van der Waals surface area contributed by atoms with Crippen LogP contribution in [-0.2, 0) is 0 Å². The van der Waals surface area contributed by atoms with Gasteiger partial charge in [-0.05, 0) is 12.1 Å². The van der Waals surface area contributed by atoms with E-state index in [1.54, 1.807) is 12.5 Å². The number of hydrogen-bond donors (Lipinski definition) is 0. The van der Waals surface area contributed by atoms with Crippen molar-refractivity contribution < 1.29 is 5.79 Å². The lowest BCUT2D eigenvalue weighted by molar-refractivity contribution is 0.614. The zero-order valence-corrected chi connectivity index (χ0v) is 4.66. The first-order valence-electron chi connectivity index (χ1n) is 3.17. The molecular formula is C7H5NO. The minimum Gasteiger partial charge on any atom is -0.463 e. The standard InChI is InChI=1S/C7H5NO/c1-3-8-5-7-6(1)2-4-9-7/h1-5H/i5D. The third kappa shape index (κ3) is 0.598.